The van der Waals surface area contributed by atoms with Crippen LogP contribution in [0.4, 0.5) is 5.82 Å². The van der Waals surface area contributed by atoms with Crippen LogP contribution in [0.5, 0.6) is 0 Å². The van der Waals surface area contributed by atoms with E-state index in [0.717, 1.165) is 51.1 Å². The molecule has 0 spiro atoms. The zero-order chi connectivity index (χ0) is 15.4. The zero-order valence-corrected chi connectivity index (χ0v) is 13.3. The summed E-state index contributed by atoms with van der Waals surface area (Å²) >= 11 is 0. The molecule has 5 heteroatoms. The molecule has 0 radical (unpaired) electrons. The Balaban J connectivity index is 1.50. The summed E-state index contributed by atoms with van der Waals surface area (Å²) in [6.45, 7) is 4.88. The van der Waals surface area contributed by atoms with Crippen molar-refractivity contribution in [2.45, 2.75) is 50.6 Å². The average molecular weight is 302 g/mol. The van der Waals surface area contributed by atoms with E-state index in [9.17, 15) is 4.79 Å². The lowest BCUT2D eigenvalue weighted by Gasteiger charge is -2.37. The summed E-state index contributed by atoms with van der Waals surface area (Å²) < 4.78 is 0. The predicted octanol–water partition coefficient (Wildman–Crippen LogP) is 1.70. The summed E-state index contributed by atoms with van der Waals surface area (Å²) in [6, 6.07) is 6.29. The Morgan fingerprint density at radius 2 is 2.18 bits per heavy atom. The number of rotatable bonds is 3. The first kappa shape index (κ1) is 15.3. The highest BCUT2D eigenvalue weighted by molar-refractivity contribution is 5.86. The molecule has 0 saturated carbocycles. The van der Waals surface area contributed by atoms with Crippen molar-refractivity contribution in [1.29, 1.82) is 0 Å². The van der Waals surface area contributed by atoms with Crippen molar-refractivity contribution < 1.29 is 4.79 Å². The first-order valence-electron chi connectivity index (χ1n) is 8.39. The van der Waals surface area contributed by atoms with Gasteiger partial charge in [0.05, 0.1) is 5.54 Å². The molecule has 3 rings (SSSR count). The van der Waals surface area contributed by atoms with Crippen molar-refractivity contribution in [3.63, 3.8) is 0 Å². The van der Waals surface area contributed by atoms with Gasteiger partial charge in [-0.15, -0.1) is 0 Å². The van der Waals surface area contributed by atoms with Crippen LogP contribution in [0.15, 0.2) is 24.4 Å². The molecular formula is C17H26N4O. The van der Waals surface area contributed by atoms with E-state index in [2.05, 4.69) is 20.5 Å². The van der Waals surface area contributed by atoms with Gasteiger partial charge < -0.3 is 15.5 Å². The van der Waals surface area contributed by atoms with E-state index in [4.69, 9.17) is 0 Å². The van der Waals surface area contributed by atoms with E-state index in [-0.39, 0.29) is 17.5 Å². The molecule has 1 amide bonds. The molecule has 0 aromatic carbocycles. The summed E-state index contributed by atoms with van der Waals surface area (Å²) in [7, 11) is 0. The van der Waals surface area contributed by atoms with E-state index < -0.39 is 0 Å². The summed E-state index contributed by atoms with van der Waals surface area (Å²) in [4.78, 5) is 19.2. The topological polar surface area (TPSA) is 57.3 Å². The number of pyridine rings is 1. The van der Waals surface area contributed by atoms with Gasteiger partial charge in [-0.25, -0.2) is 4.98 Å². The van der Waals surface area contributed by atoms with Crippen LogP contribution in [0.25, 0.3) is 0 Å². The normalized spacial score (nSPS) is 26.7. The predicted molar refractivity (Wildman–Crippen MR) is 87.9 cm³/mol. The molecule has 1 aromatic heterocycles. The van der Waals surface area contributed by atoms with Crippen molar-refractivity contribution in [1.82, 2.24) is 15.6 Å². The minimum absolute atomic E-state index is 0.170. The average Bonchev–Trinajstić information content (AvgIpc) is 2.57. The maximum atomic E-state index is 12.5. The first-order chi connectivity index (χ1) is 10.7. The standard InChI is InChI=1S/C17H26N4O/c1-17(9-3-5-11-19-17)16(22)20-14-7-12-21(13-8-14)15-6-2-4-10-18-15/h2,4,6,10,14,19H,3,5,7-9,11-13H2,1H3,(H,20,22). The highest BCUT2D eigenvalue weighted by Gasteiger charge is 2.35. The Bertz CT molecular complexity index is 491. The quantitative estimate of drug-likeness (QED) is 0.892. The monoisotopic (exact) mass is 302 g/mol. The third-order valence-electron chi connectivity index (χ3n) is 4.92. The van der Waals surface area contributed by atoms with Crippen LogP contribution in [0.1, 0.15) is 39.0 Å². The molecule has 1 unspecified atom stereocenters. The third-order valence-corrected chi connectivity index (χ3v) is 4.92. The Morgan fingerprint density at radius 1 is 1.36 bits per heavy atom. The lowest BCUT2D eigenvalue weighted by atomic mass is 9.89. The molecule has 2 fully saturated rings. The SMILES string of the molecule is CC1(C(=O)NC2CCN(c3ccccn3)CC2)CCCCN1. The van der Waals surface area contributed by atoms with Gasteiger partial charge in [0.1, 0.15) is 5.82 Å². The number of anilines is 1. The van der Waals surface area contributed by atoms with E-state index in [1.165, 1.54) is 6.42 Å². The number of aromatic nitrogens is 1. The molecular weight excluding hydrogens is 276 g/mol. The van der Waals surface area contributed by atoms with E-state index >= 15 is 0 Å². The van der Waals surface area contributed by atoms with Crippen LogP contribution in [0.2, 0.25) is 0 Å². The van der Waals surface area contributed by atoms with Gasteiger partial charge in [-0.1, -0.05) is 6.07 Å². The fraction of sp³-hybridized carbons (Fsp3) is 0.647. The number of nitrogens with zero attached hydrogens (tertiary/aromatic N) is 2. The van der Waals surface area contributed by atoms with Crippen LogP contribution in [0.3, 0.4) is 0 Å². The number of hydrogen-bond acceptors (Lipinski definition) is 4. The molecule has 2 aliphatic rings. The van der Waals surface area contributed by atoms with Crippen LogP contribution < -0.4 is 15.5 Å². The summed E-state index contributed by atoms with van der Waals surface area (Å²) in [5.41, 5.74) is -0.379. The van der Waals surface area contributed by atoms with Crippen LogP contribution in [0, 0.1) is 0 Å². The van der Waals surface area contributed by atoms with Gasteiger partial charge in [0.15, 0.2) is 0 Å². The fourth-order valence-electron chi connectivity index (χ4n) is 3.39. The Kier molecular flexibility index (Phi) is 4.62. The fourth-order valence-corrected chi connectivity index (χ4v) is 3.39. The van der Waals surface area contributed by atoms with Crippen molar-refractivity contribution in [3.05, 3.63) is 24.4 Å². The Hall–Kier alpha value is -1.62. The third kappa shape index (κ3) is 3.40. The van der Waals surface area contributed by atoms with Gasteiger partial charge in [-0.2, -0.15) is 0 Å². The molecule has 2 aliphatic heterocycles. The number of carbonyl (C=O) groups excluding carboxylic acids is 1. The highest BCUT2D eigenvalue weighted by Crippen LogP contribution is 2.21. The van der Waals surface area contributed by atoms with Gasteiger partial charge in [0.2, 0.25) is 5.91 Å². The lowest BCUT2D eigenvalue weighted by Crippen LogP contribution is -2.59. The second-order valence-electron chi connectivity index (χ2n) is 6.64. The van der Waals surface area contributed by atoms with E-state index in [1.807, 2.05) is 31.3 Å². The summed E-state index contributed by atoms with van der Waals surface area (Å²) in [5.74, 6) is 1.21. The van der Waals surface area contributed by atoms with Gasteiger partial charge in [-0.05, 0) is 57.7 Å². The van der Waals surface area contributed by atoms with Crippen molar-refractivity contribution in [2.24, 2.45) is 0 Å². The minimum Gasteiger partial charge on any atom is -0.356 e. The van der Waals surface area contributed by atoms with E-state index in [1.54, 1.807) is 0 Å². The molecule has 120 valence electrons. The highest BCUT2D eigenvalue weighted by atomic mass is 16.2. The molecule has 1 atom stereocenters. The molecule has 0 bridgehead atoms. The molecule has 2 N–H and O–H groups in total. The molecule has 5 nitrogen and oxygen atoms in total. The summed E-state index contributed by atoms with van der Waals surface area (Å²) in [5, 5.41) is 6.64. The molecule has 1 aromatic rings. The number of nitrogens with one attached hydrogen (secondary N) is 2. The second kappa shape index (κ2) is 6.65. The van der Waals surface area contributed by atoms with Crippen LogP contribution in [-0.4, -0.2) is 42.1 Å². The Morgan fingerprint density at radius 3 is 2.82 bits per heavy atom. The molecule has 3 heterocycles. The molecule has 0 aliphatic carbocycles. The van der Waals surface area contributed by atoms with Crippen LogP contribution in [-0.2, 0) is 4.79 Å². The Labute approximate surface area is 132 Å². The maximum absolute atomic E-state index is 12.5. The maximum Gasteiger partial charge on any atom is 0.240 e. The number of piperidine rings is 2. The zero-order valence-electron chi connectivity index (χ0n) is 13.3. The molecule has 2 saturated heterocycles. The van der Waals surface area contributed by atoms with Crippen molar-refractivity contribution >= 4 is 11.7 Å². The van der Waals surface area contributed by atoms with Gasteiger partial charge >= 0.3 is 0 Å². The lowest BCUT2D eigenvalue weighted by molar-refractivity contribution is -0.128. The van der Waals surface area contributed by atoms with Gasteiger partial charge in [0.25, 0.3) is 0 Å². The second-order valence-corrected chi connectivity index (χ2v) is 6.64. The van der Waals surface area contributed by atoms with Crippen molar-refractivity contribution in [3.8, 4) is 0 Å². The largest absolute Gasteiger partial charge is 0.356 e. The van der Waals surface area contributed by atoms with Gasteiger partial charge in [0, 0.05) is 25.3 Å². The minimum atomic E-state index is -0.379. The van der Waals surface area contributed by atoms with E-state index in [0.29, 0.717) is 0 Å². The van der Waals surface area contributed by atoms with Crippen LogP contribution >= 0.6 is 0 Å². The van der Waals surface area contributed by atoms with Crippen molar-refractivity contribution in [2.75, 3.05) is 24.5 Å². The summed E-state index contributed by atoms with van der Waals surface area (Å²) in [6.07, 6.45) is 7.04. The number of amides is 1. The first-order valence-corrected chi connectivity index (χ1v) is 8.39. The van der Waals surface area contributed by atoms with Gasteiger partial charge in [-0.3, -0.25) is 4.79 Å². The molecule has 22 heavy (non-hydrogen) atoms. The number of carbonyl (C=O) groups is 1. The number of hydrogen-bond donors (Lipinski definition) is 2. The smallest absolute Gasteiger partial charge is 0.240 e.